The summed E-state index contributed by atoms with van der Waals surface area (Å²) in [7, 11) is 0. The Balaban J connectivity index is 1.57. The minimum atomic E-state index is -0.460. The SMILES string of the molecule is O=C(CC(c1ccc(F)cc1)c1cn(Cc2ccccc2)c2ccc([N+](=O)[O-])cc12)NCc1ccco1. The van der Waals surface area contributed by atoms with Gasteiger partial charge >= 0.3 is 0 Å². The second-order valence-electron chi connectivity index (χ2n) is 8.82. The van der Waals surface area contributed by atoms with Crippen molar-refractivity contribution in [3.05, 3.63) is 136 Å². The highest BCUT2D eigenvalue weighted by atomic mass is 19.1. The van der Waals surface area contributed by atoms with E-state index in [1.165, 1.54) is 24.5 Å². The fraction of sp³-hybridized carbons (Fsp3) is 0.138. The molecule has 2 heterocycles. The zero-order valence-corrected chi connectivity index (χ0v) is 19.8. The van der Waals surface area contributed by atoms with Gasteiger partial charge in [-0.3, -0.25) is 14.9 Å². The van der Waals surface area contributed by atoms with Crippen LogP contribution >= 0.6 is 0 Å². The van der Waals surface area contributed by atoms with Gasteiger partial charge in [0.15, 0.2) is 0 Å². The number of amides is 1. The number of aromatic nitrogens is 1. The molecule has 7 nitrogen and oxygen atoms in total. The van der Waals surface area contributed by atoms with Gasteiger partial charge in [0.1, 0.15) is 11.6 Å². The Labute approximate surface area is 212 Å². The number of carbonyl (C=O) groups is 1. The van der Waals surface area contributed by atoms with Crippen molar-refractivity contribution in [2.75, 3.05) is 0 Å². The van der Waals surface area contributed by atoms with Gasteiger partial charge in [-0.05, 0) is 47.0 Å². The molecule has 5 aromatic rings. The molecule has 1 N–H and O–H groups in total. The number of furan rings is 1. The molecule has 0 aliphatic carbocycles. The van der Waals surface area contributed by atoms with E-state index < -0.39 is 10.8 Å². The number of benzene rings is 3. The predicted molar refractivity (Wildman–Crippen MR) is 138 cm³/mol. The van der Waals surface area contributed by atoms with Crippen LogP contribution in [-0.2, 0) is 17.9 Å². The lowest BCUT2D eigenvalue weighted by molar-refractivity contribution is -0.384. The van der Waals surface area contributed by atoms with Crippen molar-refractivity contribution in [2.45, 2.75) is 25.4 Å². The molecule has 186 valence electrons. The molecule has 0 saturated carbocycles. The van der Waals surface area contributed by atoms with Crippen molar-refractivity contribution < 1.29 is 18.5 Å². The van der Waals surface area contributed by atoms with Crippen LogP contribution in [0.2, 0.25) is 0 Å². The van der Waals surface area contributed by atoms with E-state index in [1.807, 2.05) is 41.1 Å². The molecular weight excluding hydrogens is 473 g/mol. The highest BCUT2D eigenvalue weighted by Crippen LogP contribution is 2.37. The van der Waals surface area contributed by atoms with Gasteiger partial charge in [0.25, 0.3) is 5.69 Å². The van der Waals surface area contributed by atoms with Gasteiger partial charge < -0.3 is 14.3 Å². The number of nitrogens with zero attached hydrogens (tertiary/aromatic N) is 2. The van der Waals surface area contributed by atoms with E-state index in [2.05, 4.69) is 5.32 Å². The number of non-ortho nitro benzene ring substituents is 1. The minimum Gasteiger partial charge on any atom is -0.467 e. The summed E-state index contributed by atoms with van der Waals surface area (Å²) >= 11 is 0. The van der Waals surface area contributed by atoms with Crippen molar-refractivity contribution >= 4 is 22.5 Å². The first-order valence-corrected chi connectivity index (χ1v) is 11.8. The lowest BCUT2D eigenvalue weighted by Gasteiger charge is -2.17. The van der Waals surface area contributed by atoms with Crippen LogP contribution in [0.4, 0.5) is 10.1 Å². The van der Waals surface area contributed by atoms with Crippen LogP contribution in [0, 0.1) is 15.9 Å². The maximum Gasteiger partial charge on any atom is 0.270 e. The highest BCUT2D eigenvalue weighted by Gasteiger charge is 2.24. The average molecular weight is 498 g/mol. The molecule has 3 aromatic carbocycles. The first-order chi connectivity index (χ1) is 18.0. The topological polar surface area (TPSA) is 90.3 Å². The molecule has 0 fully saturated rings. The summed E-state index contributed by atoms with van der Waals surface area (Å²) in [6.45, 7) is 0.791. The Hall–Kier alpha value is -4.72. The number of hydrogen-bond donors (Lipinski definition) is 1. The molecule has 1 atom stereocenters. The molecule has 1 unspecified atom stereocenters. The van der Waals surface area contributed by atoms with Gasteiger partial charge in [-0.15, -0.1) is 0 Å². The third-order valence-electron chi connectivity index (χ3n) is 6.38. The summed E-state index contributed by atoms with van der Waals surface area (Å²) in [5.74, 6) is -0.437. The average Bonchev–Trinajstić information content (AvgIpc) is 3.55. The quantitative estimate of drug-likeness (QED) is 0.195. The van der Waals surface area contributed by atoms with Gasteiger partial charge in [-0.1, -0.05) is 42.5 Å². The molecule has 5 rings (SSSR count). The third kappa shape index (κ3) is 5.43. The van der Waals surface area contributed by atoms with Gasteiger partial charge in [0, 0.05) is 48.1 Å². The lowest BCUT2D eigenvalue weighted by atomic mass is 9.88. The number of carbonyl (C=O) groups excluding carboxylic acids is 1. The van der Waals surface area contributed by atoms with E-state index in [9.17, 15) is 19.3 Å². The van der Waals surface area contributed by atoms with E-state index >= 15 is 0 Å². The number of halogens is 1. The second kappa shape index (κ2) is 10.5. The largest absolute Gasteiger partial charge is 0.467 e. The van der Waals surface area contributed by atoms with E-state index in [0.717, 1.165) is 22.2 Å². The molecule has 0 spiro atoms. The molecule has 1 amide bonds. The van der Waals surface area contributed by atoms with Gasteiger partial charge in [0.2, 0.25) is 5.91 Å². The predicted octanol–water partition coefficient (Wildman–Crippen LogP) is 6.17. The van der Waals surface area contributed by atoms with E-state index in [1.54, 1.807) is 36.4 Å². The molecule has 0 radical (unpaired) electrons. The lowest BCUT2D eigenvalue weighted by Crippen LogP contribution is -2.24. The summed E-state index contributed by atoms with van der Waals surface area (Å²) in [5.41, 5.74) is 3.34. The van der Waals surface area contributed by atoms with E-state index in [4.69, 9.17) is 4.42 Å². The maximum absolute atomic E-state index is 13.8. The van der Waals surface area contributed by atoms with Crippen molar-refractivity contribution in [3.8, 4) is 0 Å². The summed E-state index contributed by atoms with van der Waals surface area (Å²) in [6.07, 6.45) is 3.55. The smallest absolute Gasteiger partial charge is 0.270 e. The van der Waals surface area contributed by atoms with E-state index in [0.29, 0.717) is 17.7 Å². The second-order valence-corrected chi connectivity index (χ2v) is 8.82. The zero-order valence-electron chi connectivity index (χ0n) is 19.8. The summed E-state index contributed by atoms with van der Waals surface area (Å²) in [5, 5.41) is 15.1. The molecule has 2 aromatic heterocycles. The van der Waals surface area contributed by atoms with Crippen LogP contribution < -0.4 is 5.32 Å². The summed E-state index contributed by atoms with van der Waals surface area (Å²) in [4.78, 5) is 24.2. The number of nitro benzene ring substituents is 1. The molecule has 0 aliphatic rings. The normalized spacial score (nSPS) is 11.9. The van der Waals surface area contributed by atoms with Crippen molar-refractivity contribution in [1.29, 1.82) is 0 Å². The number of nitrogens with one attached hydrogen (secondary N) is 1. The Morgan fingerprint density at radius 3 is 2.51 bits per heavy atom. The van der Waals surface area contributed by atoms with Gasteiger partial charge in [-0.2, -0.15) is 0 Å². The molecule has 37 heavy (non-hydrogen) atoms. The zero-order chi connectivity index (χ0) is 25.8. The molecule has 0 saturated heterocycles. The first-order valence-electron chi connectivity index (χ1n) is 11.8. The summed E-state index contributed by atoms with van der Waals surface area (Å²) < 4.78 is 21.1. The van der Waals surface area contributed by atoms with Crippen LogP contribution in [0.15, 0.2) is 102 Å². The van der Waals surface area contributed by atoms with Gasteiger partial charge in [0.05, 0.1) is 17.7 Å². The van der Waals surface area contributed by atoms with Crippen molar-refractivity contribution in [2.24, 2.45) is 0 Å². The molecule has 0 aliphatic heterocycles. The maximum atomic E-state index is 13.8. The fourth-order valence-electron chi connectivity index (χ4n) is 4.57. The monoisotopic (exact) mass is 497 g/mol. The minimum absolute atomic E-state index is 0.0358. The van der Waals surface area contributed by atoms with Crippen LogP contribution in [0.3, 0.4) is 0 Å². The van der Waals surface area contributed by atoms with E-state index in [-0.39, 0.29) is 30.4 Å². The van der Waals surface area contributed by atoms with Crippen LogP contribution in [0.5, 0.6) is 0 Å². The van der Waals surface area contributed by atoms with Crippen LogP contribution in [-0.4, -0.2) is 15.4 Å². The summed E-state index contributed by atoms with van der Waals surface area (Å²) in [6, 6.07) is 24.2. The standard InChI is InChI=1S/C29H24FN3O4/c30-22-10-8-21(9-11-22)25(16-29(34)31-17-24-7-4-14-37-24)27-19-32(18-20-5-2-1-3-6-20)28-13-12-23(33(35)36)15-26(27)28/h1-15,19,25H,16-18H2,(H,31,34). The number of rotatable bonds is 9. The number of fused-ring (bicyclic) bond motifs is 1. The van der Waals surface area contributed by atoms with Crippen LogP contribution in [0.25, 0.3) is 10.9 Å². The Morgan fingerprint density at radius 1 is 1.03 bits per heavy atom. The molecular formula is C29H24FN3O4. The van der Waals surface area contributed by atoms with Gasteiger partial charge in [-0.25, -0.2) is 4.39 Å². The van der Waals surface area contributed by atoms with Crippen LogP contribution in [0.1, 0.15) is 34.8 Å². The Bertz CT molecular complexity index is 1530. The number of hydrogen-bond acceptors (Lipinski definition) is 4. The highest BCUT2D eigenvalue weighted by molar-refractivity contribution is 5.88. The van der Waals surface area contributed by atoms with Crippen molar-refractivity contribution in [1.82, 2.24) is 9.88 Å². The first kappa shape index (κ1) is 24.0. The van der Waals surface area contributed by atoms with Crippen molar-refractivity contribution in [3.63, 3.8) is 0 Å². The number of nitro groups is 1. The Kier molecular flexibility index (Phi) is 6.81. The fourth-order valence-corrected chi connectivity index (χ4v) is 4.57. The third-order valence-corrected chi connectivity index (χ3v) is 6.38. The molecule has 0 bridgehead atoms. The Morgan fingerprint density at radius 2 is 1.81 bits per heavy atom. The molecule has 8 heteroatoms.